The number of aromatic nitrogens is 1. The van der Waals surface area contributed by atoms with Crippen LogP contribution in [0.25, 0.3) is 0 Å². The highest BCUT2D eigenvalue weighted by molar-refractivity contribution is 5.75. The van der Waals surface area contributed by atoms with Crippen LogP contribution in [0.5, 0.6) is 11.6 Å². The third-order valence-corrected chi connectivity index (χ3v) is 6.45. The maximum atomic E-state index is 12.6. The Hall–Kier alpha value is -2.09. The molecule has 1 aromatic heterocycles. The fourth-order valence-electron chi connectivity index (χ4n) is 4.31. The van der Waals surface area contributed by atoms with Crippen molar-refractivity contribution < 1.29 is 14.3 Å². The highest BCUT2D eigenvalue weighted by Gasteiger charge is 2.37. The van der Waals surface area contributed by atoms with Crippen LogP contribution in [0.3, 0.4) is 0 Å². The fourth-order valence-corrected chi connectivity index (χ4v) is 4.31. The largest absolute Gasteiger partial charge is 0.478 e. The van der Waals surface area contributed by atoms with Gasteiger partial charge in [0.05, 0.1) is 30.2 Å². The van der Waals surface area contributed by atoms with Crippen molar-refractivity contribution in [1.82, 2.24) is 4.98 Å². The van der Waals surface area contributed by atoms with Crippen molar-refractivity contribution in [2.45, 2.75) is 104 Å². The predicted octanol–water partition coefficient (Wildman–Crippen LogP) is 7.01. The lowest BCUT2D eigenvalue weighted by Gasteiger charge is -2.34. The number of pyridine rings is 1. The molecule has 5 heteroatoms. The highest BCUT2D eigenvalue weighted by Crippen LogP contribution is 2.42. The molecule has 0 aromatic carbocycles. The smallest absolute Gasteiger partial charge is 0.314 e. The number of nitrogens with zero attached hydrogens (tertiary/aromatic N) is 2. The minimum absolute atomic E-state index is 0.129. The zero-order chi connectivity index (χ0) is 22.4. The molecule has 0 unspecified atom stereocenters. The van der Waals surface area contributed by atoms with Gasteiger partial charge in [0.1, 0.15) is 5.75 Å². The molecular formula is C26H40N2O3. The molecule has 31 heavy (non-hydrogen) atoms. The highest BCUT2D eigenvalue weighted by atomic mass is 16.5. The first-order chi connectivity index (χ1) is 15.1. The molecule has 1 aromatic rings. The van der Waals surface area contributed by atoms with Gasteiger partial charge in [0.2, 0.25) is 5.88 Å². The zero-order valence-corrected chi connectivity index (χ0v) is 19.5. The number of carbonyl (C=O) groups excluding carboxylic acids is 1. The van der Waals surface area contributed by atoms with Gasteiger partial charge in [-0.15, -0.1) is 0 Å². The third kappa shape index (κ3) is 8.89. The number of rotatable bonds is 14. The van der Waals surface area contributed by atoms with Gasteiger partial charge in [0.25, 0.3) is 0 Å². The molecule has 0 saturated heterocycles. The predicted molar refractivity (Wildman–Crippen MR) is 123 cm³/mol. The maximum Gasteiger partial charge on any atom is 0.314 e. The Morgan fingerprint density at radius 1 is 1.06 bits per heavy atom. The summed E-state index contributed by atoms with van der Waals surface area (Å²) in [7, 11) is 0. The van der Waals surface area contributed by atoms with Crippen LogP contribution in [-0.2, 0) is 4.79 Å². The summed E-state index contributed by atoms with van der Waals surface area (Å²) in [6.07, 6.45) is 16.2. The molecule has 0 N–H and O–H groups in total. The van der Waals surface area contributed by atoms with Gasteiger partial charge in [0.15, 0.2) is 0 Å². The quantitative estimate of drug-likeness (QED) is 0.235. The molecule has 1 aliphatic rings. The Labute approximate surface area is 188 Å². The first-order valence-electron chi connectivity index (χ1n) is 12.3. The standard InChI is InChI=1S/C26H40N2O3/c1-3-5-7-9-10-16-26(21-27)17-14-22(15-18-26)25(29)31-23-12-13-24(28-20-23)30-19-11-8-6-4-2/h12-13,20,22H,3-11,14-19H2,1-2H3/t22-,26-. The number of hydrogen-bond acceptors (Lipinski definition) is 5. The van der Waals surface area contributed by atoms with Crippen molar-refractivity contribution in [3.8, 4) is 17.7 Å². The van der Waals surface area contributed by atoms with Crippen LogP contribution in [0.4, 0.5) is 0 Å². The average molecular weight is 429 g/mol. The molecule has 1 aliphatic carbocycles. The average Bonchev–Trinajstić information content (AvgIpc) is 2.80. The Kier molecular flexibility index (Phi) is 11.4. The Morgan fingerprint density at radius 2 is 1.74 bits per heavy atom. The zero-order valence-electron chi connectivity index (χ0n) is 19.5. The lowest BCUT2D eigenvalue weighted by atomic mass is 9.69. The Morgan fingerprint density at radius 3 is 2.35 bits per heavy atom. The van der Waals surface area contributed by atoms with E-state index in [0.29, 0.717) is 18.2 Å². The molecule has 172 valence electrons. The van der Waals surface area contributed by atoms with E-state index in [9.17, 15) is 10.1 Å². The summed E-state index contributed by atoms with van der Waals surface area (Å²) in [5.74, 6) is 0.684. The molecule has 1 fully saturated rings. The number of ether oxygens (including phenoxy) is 2. The summed E-state index contributed by atoms with van der Waals surface area (Å²) in [6, 6.07) is 6.07. The van der Waals surface area contributed by atoms with Crippen LogP contribution in [-0.4, -0.2) is 17.6 Å². The number of unbranched alkanes of at least 4 members (excludes halogenated alkanes) is 7. The van der Waals surface area contributed by atoms with Crippen molar-refractivity contribution in [3.63, 3.8) is 0 Å². The second-order valence-electron chi connectivity index (χ2n) is 8.99. The van der Waals surface area contributed by atoms with Gasteiger partial charge in [-0.1, -0.05) is 65.2 Å². The van der Waals surface area contributed by atoms with E-state index in [0.717, 1.165) is 44.9 Å². The molecular weight excluding hydrogens is 388 g/mol. The number of esters is 1. The molecule has 0 spiro atoms. The van der Waals surface area contributed by atoms with E-state index in [1.54, 1.807) is 18.3 Å². The molecule has 1 saturated carbocycles. The summed E-state index contributed by atoms with van der Waals surface area (Å²) in [5, 5.41) is 9.75. The van der Waals surface area contributed by atoms with Gasteiger partial charge in [-0.25, -0.2) is 4.98 Å². The number of hydrogen-bond donors (Lipinski definition) is 0. The Balaban J connectivity index is 1.72. The van der Waals surface area contributed by atoms with Crippen molar-refractivity contribution in [2.24, 2.45) is 11.3 Å². The van der Waals surface area contributed by atoms with Crippen LogP contribution in [0, 0.1) is 22.7 Å². The fraction of sp³-hybridized carbons (Fsp3) is 0.731. The minimum atomic E-state index is -0.249. The molecule has 0 bridgehead atoms. The van der Waals surface area contributed by atoms with E-state index in [1.165, 1.54) is 44.9 Å². The molecule has 1 heterocycles. The van der Waals surface area contributed by atoms with E-state index in [-0.39, 0.29) is 17.3 Å². The van der Waals surface area contributed by atoms with Gasteiger partial charge in [0, 0.05) is 6.07 Å². The topological polar surface area (TPSA) is 72.2 Å². The van der Waals surface area contributed by atoms with Crippen molar-refractivity contribution in [2.75, 3.05) is 6.61 Å². The summed E-state index contributed by atoms with van der Waals surface area (Å²) >= 11 is 0. The van der Waals surface area contributed by atoms with Gasteiger partial charge < -0.3 is 9.47 Å². The number of carbonyl (C=O) groups is 1. The van der Waals surface area contributed by atoms with Crippen LogP contribution in [0.1, 0.15) is 104 Å². The van der Waals surface area contributed by atoms with Crippen LogP contribution < -0.4 is 9.47 Å². The molecule has 5 nitrogen and oxygen atoms in total. The summed E-state index contributed by atoms with van der Waals surface area (Å²) in [6.45, 7) is 5.06. The van der Waals surface area contributed by atoms with Crippen molar-refractivity contribution in [3.05, 3.63) is 18.3 Å². The van der Waals surface area contributed by atoms with Crippen LogP contribution in [0.15, 0.2) is 18.3 Å². The minimum Gasteiger partial charge on any atom is -0.478 e. The van der Waals surface area contributed by atoms with Gasteiger partial charge in [-0.3, -0.25) is 4.79 Å². The van der Waals surface area contributed by atoms with E-state index < -0.39 is 0 Å². The SMILES string of the molecule is CCCCCCC[C@]1(C#N)CC[C@H](C(=O)Oc2ccc(OCCCCCC)nc2)CC1. The van der Waals surface area contributed by atoms with E-state index in [1.807, 2.05) is 0 Å². The first kappa shape index (κ1) is 25.2. The van der Waals surface area contributed by atoms with Crippen molar-refractivity contribution in [1.29, 1.82) is 5.26 Å². The first-order valence-corrected chi connectivity index (χ1v) is 12.3. The molecule has 2 rings (SSSR count). The summed E-state index contributed by atoms with van der Waals surface area (Å²) < 4.78 is 11.2. The van der Waals surface area contributed by atoms with E-state index >= 15 is 0 Å². The number of nitriles is 1. The molecule has 0 atom stereocenters. The monoisotopic (exact) mass is 428 g/mol. The van der Waals surface area contributed by atoms with Crippen LogP contribution >= 0.6 is 0 Å². The molecule has 0 radical (unpaired) electrons. The molecule has 0 amide bonds. The van der Waals surface area contributed by atoms with Crippen LogP contribution in [0.2, 0.25) is 0 Å². The lowest BCUT2D eigenvalue weighted by molar-refractivity contribution is -0.140. The van der Waals surface area contributed by atoms with Gasteiger partial charge in [-0.05, 0) is 44.6 Å². The third-order valence-electron chi connectivity index (χ3n) is 6.45. The summed E-state index contributed by atoms with van der Waals surface area (Å²) in [5.41, 5.74) is -0.249. The van der Waals surface area contributed by atoms with Gasteiger partial charge in [-0.2, -0.15) is 5.26 Å². The summed E-state index contributed by atoms with van der Waals surface area (Å²) in [4.78, 5) is 16.8. The molecule has 0 aliphatic heterocycles. The van der Waals surface area contributed by atoms with Gasteiger partial charge >= 0.3 is 5.97 Å². The van der Waals surface area contributed by atoms with E-state index in [4.69, 9.17) is 9.47 Å². The van der Waals surface area contributed by atoms with E-state index in [2.05, 4.69) is 24.9 Å². The second-order valence-corrected chi connectivity index (χ2v) is 8.99. The second kappa shape index (κ2) is 14.1. The maximum absolute atomic E-state index is 12.6. The van der Waals surface area contributed by atoms with Crippen molar-refractivity contribution >= 4 is 5.97 Å². The Bertz CT molecular complexity index is 673. The normalized spacial score (nSPS) is 20.7. The lowest BCUT2D eigenvalue weighted by Crippen LogP contribution is -2.31.